The van der Waals surface area contributed by atoms with Gasteiger partial charge in [0, 0.05) is 14.7 Å². The van der Waals surface area contributed by atoms with Crippen molar-refractivity contribution < 1.29 is 0 Å². The second kappa shape index (κ2) is 5.85. The maximum absolute atomic E-state index is 6.36. The van der Waals surface area contributed by atoms with Crippen molar-refractivity contribution in [2.24, 2.45) is 0 Å². The van der Waals surface area contributed by atoms with Crippen molar-refractivity contribution in [2.75, 3.05) is 0 Å². The van der Waals surface area contributed by atoms with E-state index in [-0.39, 0.29) is 5.38 Å². The fraction of sp³-hybridized carbons (Fsp3) is 0.231. The largest absolute Gasteiger partial charge is 0.148 e. The maximum atomic E-state index is 6.36. The van der Waals surface area contributed by atoms with Crippen molar-refractivity contribution in [3.63, 3.8) is 0 Å². The highest BCUT2D eigenvalue weighted by Crippen LogP contribution is 2.28. The first-order valence-corrected chi connectivity index (χ1v) is 7.28. The van der Waals surface area contributed by atoms with Gasteiger partial charge in [-0.3, -0.25) is 0 Å². The Morgan fingerprint density at radius 3 is 2.62 bits per heavy atom. The highest BCUT2D eigenvalue weighted by atomic mass is 79.9. The van der Waals surface area contributed by atoms with Crippen LogP contribution >= 0.6 is 38.9 Å². The van der Waals surface area contributed by atoms with E-state index in [9.17, 15) is 0 Å². The molecule has 2 aromatic rings. The third-order valence-corrected chi connectivity index (χ3v) is 4.65. The molecule has 0 bridgehead atoms. The van der Waals surface area contributed by atoms with E-state index >= 15 is 0 Å². The number of hydrogen-bond acceptors (Lipinski definition) is 1. The first-order chi connectivity index (χ1) is 7.75. The van der Waals surface area contributed by atoms with Crippen LogP contribution < -0.4 is 0 Å². The highest BCUT2D eigenvalue weighted by Gasteiger charge is 2.08. The van der Waals surface area contributed by atoms with Gasteiger partial charge in [-0.15, -0.1) is 22.9 Å². The molecule has 16 heavy (non-hydrogen) atoms. The summed E-state index contributed by atoms with van der Waals surface area (Å²) in [6.07, 6.45) is 2.03. The fourth-order valence-electron chi connectivity index (χ4n) is 1.58. The summed E-state index contributed by atoms with van der Waals surface area (Å²) in [4.78, 5) is 1.38. The van der Waals surface area contributed by atoms with E-state index in [0.717, 1.165) is 12.8 Å². The predicted molar refractivity (Wildman–Crippen MR) is 75.4 cm³/mol. The average Bonchev–Trinajstić information content (AvgIpc) is 2.73. The minimum Gasteiger partial charge on any atom is -0.148 e. The summed E-state index contributed by atoms with van der Waals surface area (Å²) in [7, 11) is 0. The molecule has 0 saturated carbocycles. The highest BCUT2D eigenvalue weighted by molar-refractivity contribution is 9.10. The van der Waals surface area contributed by atoms with Crippen LogP contribution in [0.5, 0.6) is 0 Å². The van der Waals surface area contributed by atoms with Crippen LogP contribution in [0, 0.1) is 0 Å². The van der Waals surface area contributed by atoms with Gasteiger partial charge in [-0.05, 0) is 40.4 Å². The number of aryl methyl sites for hydroxylation is 1. The first kappa shape index (κ1) is 12.2. The molecule has 1 aromatic carbocycles. The second-order valence-corrected chi connectivity index (χ2v) is 6.09. The third-order valence-electron chi connectivity index (χ3n) is 2.43. The standard InChI is InChI=1S/C13H12BrClS/c14-11-8-12(16-9-11)6-7-13(15)10-4-2-1-3-5-10/h1-5,8-9,13H,6-7H2. The Hall–Kier alpha value is -0.310. The molecular weight excluding hydrogens is 304 g/mol. The Bertz CT molecular complexity index is 438. The molecule has 0 amide bonds. The summed E-state index contributed by atoms with van der Waals surface area (Å²) in [5.41, 5.74) is 1.21. The monoisotopic (exact) mass is 314 g/mol. The number of hydrogen-bond donors (Lipinski definition) is 0. The van der Waals surface area contributed by atoms with E-state index in [1.807, 2.05) is 18.2 Å². The van der Waals surface area contributed by atoms with Gasteiger partial charge in [-0.2, -0.15) is 0 Å². The smallest absolute Gasteiger partial charge is 0.0588 e. The van der Waals surface area contributed by atoms with Crippen molar-refractivity contribution in [1.82, 2.24) is 0 Å². The van der Waals surface area contributed by atoms with Gasteiger partial charge in [0.15, 0.2) is 0 Å². The van der Waals surface area contributed by atoms with Gasteiger partial charge in [-0.25, -0.2) is 0 Å². The van der Waals surface area contributed by atoms with Gasteiger partial charge >= 0.3 is 0 Å². The summed E-state index contributed by atoms with van der Waals surface area (Å²) in [6.45, 7) is 0. The van der Waals surface area contributed by atoms with Crippen LogP contribution in [-0.4, -0.2) is 0 Å². The second-order valence-electron chi connectivity index (χ2n) is 3.65. The predicted octanol–water partition coefficient (Wildman–Crippen LogP) is 5.42. The number of alkyl halides is 1. The van der Waals surface area contributed by atoms with Crippen LogP contribution in [0.15, 0.2) is 46.3 Å². The first-order valence-electron chi connectivity index (χ1n) is 5.17. The van der Waals surface area contributed by atoms with E-state index in [1.54, 1.807) is 11.3 Å². The van der Waals surface area contributed by atoms with Gasteiger partial charge < -0.3 is 0 Å². The van der Waals surface area contributed by atoms with E-state index in [4.69, 9.17) is 11.6 Å². The molecule has 0 aliphatic carbocycles. The molecule has 1 aromatic heterocycles. The molecule has 2 rings (SSSR count). The van der Waals surface area contributed by atoms with Crippen LogP contribution in [0.1, 0.15) is 22.2 Å². The molecular formula is C13H12BrClS. The minimum atomic E-state index is 0.113. The molecule has 0 spiro atoms. The molecule has 1 atom stereocenters. The average molecular weight is 316 g/mol. The third kappa shape index (κ3) is 3.34. The maximum Gasteiger partial charge on any atom is 0.0588 e. The molecule has 0 aliphatic heterocycles. The van der Waals surface area contributed by atoms with E-state index in [1.165, 1.54) is 14.9 Å². The molecule has 1 heterocycles. The van der Waals surface area contributed by atoms with E-state index in [2.05, 4.69) is 39.5 Å². The summed E-state index contributed by atoms with van der Waals surface area (Å²) in [6, 6.07) is 12.4. The molecule has 0 fully saturated rings. The van der Waals surface area contributed by atoms with Gasteiger partial charge in [0.1, 0.15) is 0 Å². The summed E-state index contributed by atoms with van der Waals surface area (Å²) in [5, 5.41) is 2.23. The van der Waals surface area contributed by atoms with Crippen molar-refractivity contribution in [3.8, 4) is 0 Å². The SMILES string of the molecule is ClC(CCc1cc(Br)cs1)c1ccccc1. The quantitative estimate of drug-likeness (QED) is 0.661. The van der Waals surface area contributed by atoms with Crippen LogP contribution in [0.2, 0.25) is 0 Å². The van der Waals surface area contributed by atoms with Crippen molar-refractivity contribution >= 4 is 38.9 Å². The molecule has 3 heteroatoms. The zero-order valence-corrected chi connectivity index (χ0v) is 11.9. The normalized spacial score (nSPS) is 12.6. The molecule has 0 nitrogen and oxygen atoms in total. The lowest BCUT2D eigenvalue weighted by molar-refractivity contribution is 0.802. The molecule has 1 unspecified atom stereocenters. The zero-order valence-electron chi connectivity index (χ0n) is 8.70. The number of thiophene rings is 1. The fourth-order valence-corrected chi connectivity index (χ4v) is 3.31. The van der Waals surface area contributed by atoms with Gasteiger partial charge in [0.05, 0.1) is 5.38 Å². The van der Waals surface area contributed by atoms with Gasteiger partial charge in [0.25, 0.3) is 0 Å². The van der Waals surface area contributed by atoms with Crippen molar-refractivity contribution in [3.05, 3.63) is 56.7 Å². The summed E-state index contributed by atoms with van der Waals surface area (Å²) < 4.78 is 1.17. The van der Waals surface area contributed by atoms with E-state index in [0.29, 0.717) is 0 Å². The Kier molecular flexibility index (Phi) is 4.45. The van der Waals surface area contributed by atoms with Crippen LogP contribution in [0.3, 0.4) is 0 Å². The van der Waals surface area contributed by atoms with E-state index < -0.39 is 0 Å². The molecule has 0 radical (unpaired) electrons. The lowest BCUT2D eigenvalue weighted by Gasteiger charge is -2.08. The lowest BCUT2D eigenvalue weighted by atomic mass is 10.1. The van der Waals surface area contributed by atoms with Crippen LogP contribution in [0.4, 0.5) is 0 Å². The Labute approximate surface area is 113 Å². The zero-order chi connectivity index (χ0) is 11.4. The van der Waals surface area contributed by atoms with Crippen LogP contribution in [-0.2, 0) is 6.42 Å². The number of benzene rings is 1. The Morgan fingerprint density at radius 2 is 2.00 bits per heavy atom. The summed E-state index contributed by atoms with van der Waals surface area (Å²) in [5.74, 6) is 0. The van der Waals surface area contributed by atoms with Crippen molar-refractivity contribution in [2.45, 2.75) is 18.2 Å². The molecule has 84 valence electrons. The molecule has 0 N–H and O–H groups in total. The number of rotatable bonds is 4. The molecule has 0 saturated heterocycles. The Morgan fingerprint density at radius 1 is 1.25 bits per heavy atom. The lowest BCUT2D eigenvalue weighted by Crippen LogP contribution is -1.92. The molecule has 0 aliphatic rings. The Balaban J connectivity index is 1.91. The number of halogens is 2. The summed E-state index contributed by atoms with van der Waals surface area (Å²) >= 11 is 11.6. The van der Waals surface area contributed by atoms with Crippen LogP contribution in [0.25, 0.3) is 0 Å². The topological polar surface area (TPSA) is 0 Å². The minimum absolute atomic E-state index is 0.113. The van der Waals surface area contributed by atoms with Gasteiger partial charge in [0.2, 0.25) is 0 Å². The van der Waals surface area contributed by atoms with Gasteiger partial charge in [-0.1, -0.05) is 30.3 Å². The van der Waals surface area contributed by atoms with Crippen molar-refractivity contribution in [1.29, 1.82) is 0 Å².